The van der Waals surface area contributed by atoms with Gasteiger partial charge < -0.3 is 10.6 Å². The Hall–Kier alpha value is -2.83. The number of aromatic nitrogens is 2. The summed E-state index contributed by atoms with van der Waals surface area (Å²) in [6.45, 7) is 1.42. The Morgan fingerprint density at radius 2 is 2.00 bits per heavy atom. The maximum Gasteiger partial charge on any atom is 0.320 e. The van der Waals surface area contributed by atoms with Gasteiger partial charge >= 0.3 is 6.03 Å². The summed E-state index contributed by atoms with van der Waals surface area (Å²) in [5.74, 6) is 0.462. The molecular formula is C20H20ClN5O. The molecule has 3 N–H and O–H groups in total. The van der Waals surface area contributed by atoms with E-state index in [0.29, 0.717) is 17.4 Å². The minimum atomic E-state index is -0.288. The maximum atomic E-state index is 12.3. The van der Waals surface area contributed by atoms with Gasteiger partial charge in [-0.3, -0.25) is 5.32 Å². The van der Waals surface area contributed by atoms with Crippen molar-refractivity contribution in [3.05, 3.63) is 76.9 Å². The van der Waals surface area contributed by atoms with Gasteiger partial charge in [0.15, 0.2) is 5.82 Å². The number of carbonyl (C=O) groups excluding carboxylic acids is 1. The standard InChI is InChI=1S/C20H20ClN5O/c21-16-7-3-4-8-18(16)26-12-10-19(25-26)24-20(27)23-13-17-15-6-2-1-5-14(15)9-11-22-17/h1-8,10,12,17,22H,9,11,13H2,(H2,23,24,25,27). The van der Waals surface area contributed by atoms with Gasteiger partial charge in [0, 0.05) is 24.8 Å². The number of para-hydroxylation sites is 1. The number of halogens is 1. The number of hydrogen-bond donors (Lipinski definition) is 3. The van der Waals surface area contributed by atoms with Crippen molar-refractivity contribution in [1.82, 2.24) is 20.4 Å². The van der Waals surface area contributed by atoms with Crippen LogP contribution in [-0.2, 0) is 6.42 Å². The zero-order valence-corrected chi connectivity index (χ0v) is 15.4. The summed E-state index contributed by atoms with van der Waals surface area (Å²) >= 11 is 6.18. The highest BCUT2D eigenvalue weighted by atomic mass is 35.5. The van der Waals surface area contributed by atoms with Crippen molar-refractivity contribution in [3.63, 3.8) is 0 Å². The zero-order chi connectivity index (χ0) is 18.6. The largest absolute Gasteiger partial charge is 0.336 e. The van der Waals surface area contributed by atoms with Gasteiger partial charge in [-0.05, 0) is 36.2 Å². The van der Waals surface area contributed by atoms with Gasteiger partial charge in [0.05, 0.1) is 10.7 Å². The van der Waals surface area contributed by atoms with E-state index >= 15 is 0 Å². The molecule has 3 aromatic rings. The summed E-state index contributed by atoms with van der Waals surface area (Å²) in [6, 6.07) is 17.3. The Morgan fingerprint density at radius 3 is 2.89 bits per heavy atom. The first-order valence-corrected chi connectivity index (χ1v) is 9.25. The lowest BCUT2D eigenvalue weighted by molar-refractivity contribution is 0.250. The van der Waals surface area contributed by atoms with Crippen molar-refractivity contribution in [1.29, 1.82) is 0 Å². The summed E-state index contributed by atoms with van der Waals surface area (Å²) in [4.78, 5) is 12.3. The van der Waals surface area contributed by atoms with Gasteiger partial charge in [-0.2, -0.15) is 0 Å². The molecule has 0 radical (unpaired) electrons. The monoisotopic (exact) mass is 381 g/mol. The lowest BCUT2D eigenvalue weighted by Crippen LogP contribution is -2.40. The first kappa shape index (κ1) is 17.6. The number of anilines is 1. The first-order valence-electron chi connectivity index (χ1n) is 8.87. The molecule has 138 valence electrons. The number of nitrogens with one attached hydrogen (secondary N) is 3. The Labute approximate surface area is 162 Å². The number of rotatable bonds is 4. The minimum absolute atomic E-state index is 0.112. The predicted molar refractivity (Wildman–Crippen MR) is 106 cm³/mol. The average Bonchev–Trinajstić information content (AvgIpc) is 3.15. The third-order valence-electron chi connectivity index (χ3n) is 4.61. The van der Waals surface area contributed by atoms with Crippen molar-refractivity contribution >= 4 is 23.4 Å². The molecule has 0 saturated heterocycles. The molecule has 0 aliphatic carbocycles. The number of urea groups is 1. The molecule has 1 aliphatic heterocycles. The molecule has 0 fully saturated rings. The minimum Gasteiger partial charge on any atom is -0.336 e. The Kier molecular flexibility index (Phi) is 5.09. The van der Waals surface area contributed by atoms with Crippen LogP contribution in [-0.4, -0.2) is 28.9 Å². The van der Waals surface area contributed by atoms with E-state index in [1.54, 1.807) is 23.0 Å². The Bertz CT molecular complexity index is 955. The normalized spacial score (nSPS) is 15.8. The highest BCUT2D eigenvalue weighted by Gasteiger charge is 2.19. The molecule has 7 heteroatoms. The Morgan fingerprint density at radius 1 is 1.19 bits per heavy atom. The third kappa shape index (κ3) is 3.97. The predicted octanol–water partition coefficient (Wildman–Crippen LogP) is 3.53. The molecular weight excluding hydrogens is 362 g/mol. The zero-order valence-electron chi connectivity index (χ0n) is 14.7. The van der Waals surface area contributed by atoms with Crippen LogP contribution in [0.4, 0.5) is 10.6 Å². The number of fused-ring (bicyclic) bond motifs is 1. The highest BCUT2D eigenvalue weighted by molar-refractivity contribution is 6.32. The maximum absolute atomic E-state index is 12.3. The fourth-order valence-electron chi connectivity index (χ4n) is 3.29. The molecule has 0 saturated carbocycles. The smallest absolute Gasteiger partial charge is 0.320 e. The fourth-order valence-corrected chi connectivity index (χ4v) is 3.51. The van der Waals surface area contributed by atoms with Crippen LogP contribution in [0.2, 0.25) is 5.02 Å². The van der Waals surface area contributed by atoms with Crippen LogP contribution in [0.1, 0.15) is 17.2 Å². The van der Waals surface area contributed by atoms with E-state index in [1.807, 2.05) is 24.3 Å². The van der Waals surface area contributed by atoms with Crippen molar-refractivity contribution < 1.29 is 4.79 Å². The second-order valence-electron chi connectivity index (χ2n) is 6.39. The quantitative estimate of drug-likeness (QED) is 0.647. The molecule has 0 bridgehead atoms. The van der Waals surface area contributed by atoms with Crippen LogP contribution in [0.15, 0.2) is 60.8 Å². The van der Waals surface area contributed by atoms with Crippen LogP contribution in [0.3, 0.4) is 0 Å². The molecule has 6 nitrogen and oxygen atoms in total. The number of carbonyl (C=O) groups is 1. The molecule has 1 aliphatic rings. The van der Waals surface area contributed by atoms with E-state index in [4.69, 9.17) is 11.6 Å². The van der Waals surface area contributed by atoms with Crippen molar-refractivity contribution in [2.24, 2.45) is 0 Å². The summed E-state index contributed by atoms with van der Waals surface area (Å²) in [7, 11) is 0. The van der Waals surface area contributed by atoms with Crippen LogP contribution < -0.4 is 16.0 Å². The summed E-state index contributed by atoms with van der Waals surface area (Å²) in [5.41, 5.74) is 3.34. The van der Waals surface area contributed by atoms with Crippen molar-refractivity contribution in [3.8, 4) is 5.69 Å². The molecule has 2 aromatic carbocycles. The van der Waals surface area contributed by atoms with E-state index in [1.165, 1.54) is 11.1 Å². The number of benzene rings is 2. The van der Waals surface area contributed by atoms with Gasteiger partial charge in [0.25, 0.3) is 0 Å². The first-order chi connectivity index (χ1) is 13.2. The summed E-state index contributed by atoms with van der Waals surface area (Å²) < 4.78 is 1.64. The molecule has 27 heavy (non-hydrogen) atoms. The van der Waals surface area contributed by atoms with Crippen LogP contribution in [0, 0.1) is 0 Å². The van der Waals surface area contributed by atoms with E-state index in [2.05, 4.69) is 39.2 Å². The lowest BCUT2D eigenvalue weighted by atomic mass is 9.94. The van der Waals surface area contributed by atoms with E-state index in [-0.39, 0.29) is 12.1 Å². The van der Waals surface area contributed by atoms with Crippen molar-refractivity contribution in [2.45, 2.75) is 12.5 Å². The van der Waals surface area contributed by atoms with Crippen LogP contribution in [0.25, 0.3) is 5.69 Å². The second-order valence-corrected chi connectivity index (χ2v) is 6.79. The van der Waals surface area contributed by atoms with Gasteiger partial charge in [-0.15, -0.1) is 5.10 Å². The molecule has 1 atom stereocenters. The van der Waals surface area contributed by atoms with E-state index < -0.39 is 0 Å². The average molecular weight is 382 g/mol. The SMILES string of the molecule is O=C(NCC1NCCc2ccccc21)Nc1ccn(-c2ccccc2Cl)n1. The number of nitrogens with zero attached hydrogens (tertiary/aromatic N) is 2. The molecule has 4 rings (SSSR count). The molecule has 0 spiro atoms. The summed E-state index contributed by atoms with van der Waals surface area (Å²) in [6.07, 6.45) is 2.77. The van der Waals surface area contributed by atoms with Crippen LogP contribution >= 0.6 is 11.6 Å². The third-order valence-corrected chi connectivity index (χ3v) is 4.93. The van der Waals surface area contributed by atoms with E-state index in [0.717, 1.165) is 18.7 Å². The van der Waals surface area contributed by atoms with Gasteiger partial charge in [-0.1, -0.05) is 48.0 Å². The number of hydrogen-bond acceptors (Lipinski definition) is 3. The number of amides is 2. The van der Waals surface area contributed by atoms with E-state index in [9.17, 15) is 4.79 Å². The Balaban J connectivity index is 1.36. The lowest BCUT2D eigenvalue weighted by Gasteiger charge is -2.27. The summed E-state index contributed by atoms with van der Waals surface area (Å²) in [5, 5.41) is 14.1. The highest BCUT2D eigenvalue weighted by Crippen LogP contribution is 2.22. The molecule has 1 unspecified atom stereocenters. The molecule has 2 amide bonds. The topological polar surface area (TPSA) is 71.0 Å². The van der Waals surface area contributed by atoms with Crippen LogP contribution in [0.5, 0.6) is 0 Å². The molecule has 2 heterocycles. The van der Waals surface area contributed by atoms with Gasteiger partial charge in [0.1, 0.15) is 0 Å². The van der Waals surface area contributed by atoms with Gasteiger partial charge in [0.2, 0.25) is 0 Å². The fraction of sp³-hybridized carbons (Fsp3) is 0.200. The van der Waals surface area contributed by atoms with Gasteiger partial charge in [-0.25, -0.2) is 9.48 Å². The van der Waals surface area contributed by atoms with Crippen molar-refractivity contribution in [2.75, 3.05) is 18.4 Å². The second kappa shape index (κ2) is 7.82. The molecule has 1 aromatic heterocycles.